The largest absolute Gasteiger partial charge is 0.393 e. The zero-order valence-corrected chi connectivity index (χ0v) is 16.9. The summed E-state index contributed by atoms with van der Waals surface area (Å²) in [6.45, 7) is 5.54. The molecular weight excluding hydrogens is 338 g/mol. The van der Waals surface area contributed by atoms with Crippen LogP contribution < -0.4 is 5.32 Å². The third kappa shape index (κ3) is 15.4. The molecule has 0 aromatic heterocycles. The predicted molar refractivity (Wildman–Crippen MR) is 105 cm³/mol. The molecule has 3 N–H and O–H groups in total. The van der Waals surface area contributed by atoms with E-state index in [0.717, 1.165) is 32.1 Å². The highest BCUT2D eigenvalue weighted by atomic mass is 32.2. The third-order valence-corrected chi connectivity index (χ3v) is 5.36. The quantitative estimate of drug-likeness (QED) is 0.382. The number of hydrogen-bond donors (Lipinski definition) is 3. The maximum atomic E-state index is 12.0. The fourth-order valence-corrected chi connectivity index (χ4v) is 3.42. The van der Waals surface area contributed by atoms with Crippen molar-refractivity contribution < 1.29 is 19.8 Å². The summed E-state index contributed by atoms with van der Waals surface area (Å²) in [5, 5.41) is 22.0. The van der Waals surface area contributed by atoms with Crippen LogP contribution in [0, 0.1) is 5.92 Å². The SMILES string of the molecule is CC(=O)NCCSC(=O)[C@@H](C)[C@H](O)CCCCCCCCCC(C)O. The molecule has 0 saturated heterocycles. The highest BCUT2D eigenvalue weighted by Crippen LogP contribution is 2.19. The summed E-state index contributed by atoms with van der Waals surface area (Å²) >= 11 is 1.18. The first-order chi connectivity index (χ1) is 11.8. The predicted octanol–water partition coefficient (Wildman–Crippen LogP) is 3.27. The van der Waals surface area contributed by atoms with Crippen molar-refractivity contribution in [1.82, 2.24) is 5.32 Å². The number of amides is 1. The van der Waals surface area contributed by atoms with Crippen LogP contribution in [0.4, 0.5) is 0 Å². The second-order valence-corrected chi connectivity index (χ2v) is 8.01. The molecule has 0 bridgehead atoms. The lowest BCUT2D eigenvalue weighted by atomic mass is 9.99. The van der Waals surface area contributed by atoms with Crippen LogP contribution in [-0.4, -0.2) is 45.7 Å². The molecule has 25 heavy (non-hydrogen) atoms. The summed E-state index contributed by atoms with van der Waals surface area (Å²) in [6, 6.07) is 0. The van der Waals surface area contributed by atoms with Gasteiger partial charge in [-0.2, -0.15) is 0 Å². The van der Waals surface area contributed by atoms with Crippen molar-refractivity contribution in [2.75, 3.05) is 12.3 Å². The number of carbonyl (C=O) groups is 2. The van der Waals surface area contributed by atoms with Crippen LogP contribution in [-0.2, 0) is 9.59 Å². The normalized spacial score (nSPS) is 14.8. The van der Waals surface area contributed by atoms with Gasteiger partial charge in [0.2, 0.25) is 5.91 Å². The Balaban J connectivity index is 3.58. The maximum absolute atomic E-state index is 12.0. The molecular formula is C19H37NO4S. The van der Waals surface area contributed by atoms with Gasteiger partial charge in [-0.05, 0) is 19.8 Å². The van der Waals surface area contributed by atoms with Crippen molar-refractivity contribution in [3.63, 3.8) is 0 Å². The Morgan fingerprint density at radius 3 is 1.96 bits per heavy atom. The van der Waals surface area contributed by atoms with Gasteiger partial charge in [-0.1, -0.05) is 63.6 Å². The average molecular weight is 376 g/mol. The Kier molecular flexibility index (Phi) is 15.3. The standard InChI is InChI=1S/C19H37NO4S/c1-15(21)11-9-7-5-4-6-8-10-12-18(23)16(2)19(24)25-14-13-20-17(3)22/h15-16,18,21,23H,4-14H2,1-3H3,(H,20,22)/t15?,16-,18+/m0/s1. The molecule has 0 spiro atoms. The van der Waals surface area contributed by atoms with Crippen molar-refractivity contribution in [3.8, 4) is 0 Å². The molecule has 148 valence electrons. The van der Waals surface area contributed by atoms with Gasteiger partial charge in [-0.15, -0.1) is 0 Å². The second kappa shape index (κ2) is 15.6. The van der Waals surface area contributed by atoms with Crippen LogP contribution in [0.2, 0.25) is 0 Å². The minimum absolute atomic E-state index is 0.00374. The number of hydrogen-bond acceptors (Lipinski definition) is 5. The Morgan fingerprint density at radius 2 is 1.44 bits per heavy atom. The average Bonchev–Trinajstić information content (AvgIpc) is 2.55. The van der Waals surface area contributed by atoms with Gasteiger partial charge in [0, 0.05) is 19.2 Å². The fraction of sp³-hybridized carbons (Fsp3) is 0.895. The van der Waals surface area contributed by atoms with Crippen LogP contribution in [0.1, 0.15) is 78.6 Å². The highest BCUT2D eigenvalue weighted by molar-refractivity contribution is 8.13. The van der Waals surface area contributed by atoms with E-state index in [1.807, 2.05) is 6.92 Å². The molecule has 0 saturated carbocycles. The first-order valence-corrected chi connectivity index (χ1v) is 10.6. The van der Waals surface area contributed by atoms with Gasteiger partial charge < -0.3 is 15.5 Å². The van der Waals surface area contributed by atoms with Crippen molar-refractivity contribution in [2.45, 2.75) is 90.8 Å². The molecule has 0 fully saturated rings. The Hall–Kier alpha value is -0.590. The van der Waals surface area contributed by atoms with Crippen LogP contribution in [0.5, 0.6) is 0 Å². The molecule has 0 rings (SSSR count). The Bertz CT molecular complexity index is 363. The number of thioether (sulfide) groups is 1. The molecule has 0 heterocycles. The van der Waals surface area contributed by atoms with Gasteiger partial charge in [-0.25, -0.2) is 0 Å². The lowest BCUT2D eigenvalue weighted by Gasteiger charge is -2.17. The first kappa shape index (κ1) is 24.4. The molecule has 0 radical (unpaired) electrons. The summed E-state index contributed by atoms with van der Waals surface area (Å²) in [5.74, 6) is 0.0942. The van der Waals surface area contributed by atoms with Gasteiger partial charge in [0.15, 0.2) is 5.12 Å². The molecule has 0 aliphatic heterocycles. The van der Waals surface area contributed by atoms with Crippen LogP contribution >= 0.6 is 11.8 Å². The van der Waals surface area contributed by atoms with E-state index in [4.69, 9.17) is 0 Å². The van der Waals surface area contributed by atoms with Crippen LogP contribution in [0.3, 0.4) is 0 Å². The van der Waals surface area contributed by atoms with E-state index in [0.29, 0.717) is 18.7 Å². The van der Waals surface area contributed by atoms with E-state index in [2.05, 4.69) is 5.32 Å². The van der Waals surface area contributed by atoms with E-state index in [1.54, 1.807) is 6.92 Å². The molecule has 0 aliphatic rings. The van der Waals surface area contributed by atoms with E-state index in [1.165, 1.54) is 37.9 Å². The topological polar surface area (TPSA) is 86.6 Å². The summed E-state index contributed by atoms with van der Waals surface area (Å²) in [4.78, 5) is 22.7. The molecule has 6 heteroatoms. The van der Waals surface area contributed by atoms with E-state index < -0.39 is 6.10 Å². The molecule has 0 aromatic carbocycles. The number of nitrogens with one attached hydrogen (secondary N) is 1. The molecule has 0 aliphatic carbocycles. The fourth-order valence-electron chi connectivity index (χ4n) is 2.59. The van der Waals surface area contributed by atoms with E-state index in [9.17, 15) is 19.8 Å². The van der Waals surface area contributed by atoms with Gasteiger partial charge in [-0.3, -0.25) is 9.59 Å². The van der Waals surface area contributed by atoms with Gasteiger partial charge >= 0.3 is 0 Å². The summed E-state index contributed by atoms with van der Waals surface area (Å²) in [6.07, 6.45) is 8.66. The monoisotopic (exact) mass is 375 g/mol. The number of rotatable bonds is 15. The van der Waals surface area contributed by atoms with Gasteiger partial charge in [0.25, 0.3) is 0 Å². The number of aliphatic hydroxyl groups excluding tert-OH is 2. The maximum Gasteiger partial charge on any atom is 0.216 e. The van der Waals surface area contributed by atoms with Crippen molar-refractivity contribution >= 4 is 22.8 Å². The number of unbranched alkanes of at least 4 members (excludes halogenated alkanes) is 6. The minimum atomic E-state index is -0.577. The second-order valence-electron chi connectivity index (χ2n) is 6.91. The van der Waals surface area contributed by atoms with E-state index in [-0.39, 0.29) is 23.0 Å². The lowest BCUT2D eigenvalue weighted by Crippen LogP contribution is -2.26. The molecule has 1 unspecified atom stereocenters. The molecule has 1 amide bonds. The van der Waals surface area contributed by atoms with Crippen LogP contribution in [0.25, 0.3) is 0 Å². The van der Waals surface area contributed by atoms with Crippen molar-refractivity contribution in [3.05, 3.63) is 0 Å². The first-order valence-electron chi connectivity index (χ1n) is 9.61. The summed E-state index contributed by atoms with van der Waals surface area (Å²) in [7, 11) is 0. The Labute approximate surface area is 157 Å². The molecule has 5 nitrogen and oxygen atoms in total. The van der Waals surface area contributed by atoms with Crippen LogP contribution in [0.15, 0.2) is 0 Å². The van der Waals surface area contributed by atoms with Crippen molar-refractivity contribution in [2.24, 2.45) is 5.92 Å². The highest BCUT2D eigenvalue weighted by Gasteiger charge is 2.21. The van der Waals surface area contributed by atoms with Crippen molar-refractivity contribution in [1.29, 1.82) is 0 Å². The Morgan fingerprint density at radius 1 is 0.920 bits per heavy atom. The smallest absolute Gasteiger partial charge is 0.216 e. The zero-order chi connectivity index (χ0) is 19.1. The number of aliphatic hydroxyl groups is 2. The van der Waals surface area contributed by atoms with E-state index >= 15 is 0 Å². The summed E-state index contributed by atoms with van der Waals surface area (Å²) in [5.41, 5.74) is 0. The van der Waals surface area contributed by atoms with Gasteiger partial charge in [0.05, 0.1) is 18.1 Å². The minimum Gasteiger partial charge on any atom is -0.393 e. The lowest BCUT2D eigenvalue weighted by molar-refractivity contribution is -0.119. The summed E-state index contributed by atoms with van der Waals surface area (Å²) < 4.78 is 0. The third-order valence-electron chi connectivity index (χ3n) is 4.29. The zero-order valence-electron chi connectivity index (χ0n) is 16.1. The van der Waals surface area contributed by atoms with Gasteiger partial charge in [0.1, 0.15) is 0 Å². The number of carbonyl (C=O) groups excluding carboxylic acids is 2. The molecule has 0 aromatic rings. The molecule has 3 atom stereocenters.